The summed E-state index contributed by atoms with van der Waals surface area (Å²) in [6.07, 6.45) is 4.12. The summed E-state index contributed by atoms with van der Waals surface area (Å²) in [5.41, 5.74) is 2.13. The molecule has 2 aromatic carbocycles. The lowest BCUT2D eigenvalue weighted by Gasteiger charge is -2.28. The summed E-state index contributed by atoms with van der Waals surface area (Å²) in [5, 5.41) is 13.7. The number of nitrogens with one attached hydrogen (secondary N) is 2. The van der Waals surface area contributed by atoms with E-state index in [4.69, 9.17) is 9.94 Å². The molecule has 0 aliphatic carbocycles. The quantitative estimate of drug-likeness (QED) is 0.184. The second-order valence-corrected chi connectivity index (χ2v) is 9.36. The van der Waals surface area contributed by atoms with E-state index in [-0.39, 0.29) is 24.3 Å². The molecular formula is C26H37N3O4. The Morgan fingerprint density at radius 3 is 2.55 bits per heavy atom. The molecule has 0 saturated heterocycles. The van der Waals surface area contributed by atoms with Crippen molar-refractivity contribution >= 4 is 22.6 Å². The van der Waals surface area contributed by atoms with Crippen LogP contribution in [0.15, 0.2) is 54.1 Å². The van der Waals surface area contributed by atoms with Crippen LogP contribution >= 0.6 is 0 Å². The first-order chi connectivity index (χ1) is 15.7. The maximum absolute atomic E-state index is 13.0. The second kappa shape index (κ2) is 13.0. The van der Waals surface area contributed by atoms with Gasteiger partial charge in [-0.1, -0.05) is 56.3 Å². The number of nitrogens with zero attached hydrogens (tertiary/aromatic N) is 1. The minimum absolute atomic E-state index is 0.0710. The Balaban J connectivity index is 2.06. The number of fused-ring (bicyclic) bond motifs is 1. The molecule has 0 spiro atoms. The number of rotatable bonds is 13. The van der Waals surface area contributed by atoms with Gasteiger partial charge in [0.1, 0.15) is 12.4 Å². The van der Waals surface area contributed by atoms with Gasteiger partial charge in [0.25, 0.3) is 0 Å². The summed E-state index contributed by atoms with van der Waals surface area (Å²) in [6, 6.07) is 13.9. The number of unbranched alkanes of at least 4 members (excludes halogenated alkanes) is 2. The van der Waals surface area contributed by atoms with Crippen LogP contribution in [0.3, 0.4) is 0 Å². The highest BCUT2D eigenvalue weighted by molar-refractivity contribution is 5.94. The summed E-state index contributed by atoms with van der Waals surface area (Å²) in [7, 11) is 4.04. The molecule has 0 aliphatic heterocycles. The highest BCUT2D eigenvalue weighted by atomic mass is 16.5. The van der Waals surface area contributed by atoms with Gasteiger partial charge in [0.2, 0.25) is 11.8 Å². The van der Waals surface area contributed by atoms with Crippen LogP contribution in [-0.2, 0) is 9.59 Å². The largest absolute Gasteiger partial charge is 0.488 e. The number of hydroxylamine groups is 1. The normalized spacial score (nSPS) is 12.1. The third-order valence-electron chi connectivity index (χ3n) is 5.27. The molecule has 0 fully saturated rings. The van der Waals surface area contributed by atoms with Crippen molar-refractivity contribution in [1.82, 2.24) is 15.7 Å². The standard InChI is InChI=1S/C26H37N3O4/c1-26(2,19-29(3)4)18-27-25(31)21(12-6-5-7-16-24(30)28-32)17-33-23-15-10-13-20-11-8-9-14-22(20)23/h8-15,32H,5-7,16-19H2,1-4H3,(H,27,31)(H,28,30)/b21-12+. The fraction of sp³-hybridized carbons (Fsp3) is 0.462. The van der Waals surface area contributed by atoms with E-state index in [0.29, 0.717) is 25.0 Å². The molecule has 180 valence electrons. The zero-order chi connectivity index (χ0) is 24.3. The Bertz CT molecular complexity index is 948. The first kappa shape index (κ1) is 26.4. The molecule has 2 rings (SSSR count). The van der Waals surface area contributed by atoms with Crippen molar-refractivity contribution in [3.8, 4) is 5.75 Å². The van der Waals surface area contributed by atoms with Crippen molar-refractivity contribution in [2.24, 2.45) is 5.41 Å². The molecule has 0 aromatic heterocycles. The minimum atomic E-state index is -0.403. The number of ether oxygens (including phenoxy) is 1. The van der Waals surface area contributed by atoms with Crippen LogP contribution in [0.4, 0.5) is 0 Å². The Morgan fingerprint density at radius 1 is 1.09 bits per heavy atom. The topological polar surface area (TPSA) is 90.9 Å². The predicted molar refractivity (Wildman–Crippen MR) is 131 cm³/mol. The average molecular weight is 456 g/mol. The molecule has 33 heavy (non-hydrogen) atoms. The summed E-state index contributed by atoms with van der Waals surface area (Å²) in [4.78, 5) is 26.3. The Labute approximate surface area is 196 Å². The van der Waals surface area contributed by atoms with Crippen LogP contribution in [0.5, 0.6) is 5.75 Å². The zero-order valence-corrected chi connectivity index (χ0v) is 20.2. The van der Waals surface area contributed by atoms with Crippen molar-refractivity contribution in [2.75, 3.05) is 33.8 Å². The lowest BCUT2D eigenvalue weighted by atomic mass is 9.93. The van der Waals surface area contributed by atoms with E-state index in [9.17, 15) is 9.59 Å². The maximum Gasteiger partial charge on any atom is 0.250 e. The molecule has 0 saturated carbocycles. The number of benzene rings is 2. The number of carbonyl (C=O) groups is 2. The highest BCUT2D eigenvalue weighted by Gasteiger charge is 2.21. The van der Waals surface area contributed by atoms with Gasteiger partial charge in [-0.2, -0.15) is 0 Å². The van der Waals surface area contributed by atoms with Crippen molar-refractivity contribution < 1.29 is 19.5 Å². The molecule has 7 nitrogen and oxygen atoms in total. The SMILES string of the molecule is CN(C)CC(C)(C)CNC(=O)/C(=C/CCCCC(=O)NO)COc1cccc2ccccc12. The number of hydrogen-bond donors (Lipinski definition) is 3. The maximum atomic E-state index is 13.0. The van der Waals surface area contributed by atoms with Gasteiger partial charge in [-0.15, -0.1) is 0 Å². The number of amides is 2. The van der Waals surface area contributed by atoms with Crippen LogP contribution in [0.1, 0.15) is 39.5 Å². The van der Waals surface area contributed by atoms with Crippen molar-refractivity contribution in [3.05, 3.63) is 54.1 Å². The zero-order valence-electron chi connectivity index (χ0n) is 20.2. The van der Waals surface area contributed by atoms with E-state index < -0.39 is 5.91 Å². The van der Waals surface area contributed by atoms with Crippen molar-refractivity contribution in [3.63, 3.8) is 0 Å². The predicted octanol–water partition coefficient (Wildman–Crippen LogP) is 3.91. The van der Waals surface area contributed by atoms with E-state index in [1.54, 1.807) is 5.48 Å². The Morgan fingerprint density at radius 2 is 1.82 bits per heavy atom. The van der Waals surface area contributed by atoms with Gasteiger partial charge >= 0.3 is 0 Å². The third kappa shape index (κ3) is 9.24. The van der Waals surface area contributed by atoms with Gasteiger partial charge in [0, 0.05) is 24.9 Å². The van der Waals surface area contributed by atoms with E-state index >= 15 is 0 Å². The van der Waals surface area contributed by atoms with Crippen LogP contribution < -0.4 is 15.5 Å². The van der Waals surface area contributed by atoms with Gasteiger partial charge in [0.05, 0.1) is 5.57 Å². The van der Waals surface area contributed by atoms with Crippen LogP contribution in [-0.4, -0.2) is 55.7 Å². The van der Waals surface area contributed by atoms with E-state index in [1.165, 1.54) is 0 Å². The molecule has 3 N–H and O–H groups in total. The van der Waals surface area contributed by atoms with E-state index in [2.05, 4.69) is 24.1 Å². The van der Waals surface area contributed by atoms with E-state index in [1.807, 2.05) is 62.6 Å². The van der Waals surface area contributed by atoms with Crippen molar-refractivity contribution in [1.29, 1.82) is 0 Å². The van der Waals surface area contributed by atoms with Crippen LogP contribution in [0.25, 0.3) is 10.8 Å². The lowest BCUT2D eigenvalue weighted by molar-refractivity contribution is -0.129. The number of allylic oxidation sites excluding steroid dienone is 1. The lowest BCUT2D eigenvalue weighted by Crippen LogP contribution is -2.40. The fourth-order valence-corrected chi connectivity index (χ4v) is 3.80. The van der Waals surface area contributed by atoms with Gasteiger partial charge in [-0.3, -0.25) is 14.8 Å². The molecular weight excluding hydrogens is 418 g/mol. The third-order valence-corrected chi connectivity index (χ3v) is 5.27. The molecule has 0 bridgehead atoms. The smallest absolute Gasteiger partial charge is 0.250 e. The first-order valence-electron chi connectivity index (χ1n) is 11.4. The first-order valence-corrected chi connectivity index (χ1v) is 11.4. The summed E-state index contributed by atoms with van der Waals surface area (Å²) >= 11 is 0. The van der Waals surface area contributed by atoms with Crippen LogP contribution in [0.2, 0.25) is 0 Å². The Kier molecular flexibility index (Phi) is 10.4. The molecule has 0 atom stereocenters. The summed E-state index contributed by atoms with van der Waals surface area (Å²) < 4.78 is 6.08. The molecule has 0 unspecified atom stereocenters. The monoisotopic (exact) mass is 455 g/mol. The van der Waals surface area contributed by atoms with Gasteiger partial charge in [0.15, 0.2) is 0 Å². The van der Waals surface area contributed by atoms with Gasteiger partial charge < -0.3 is 15.0 Å². The highest BCUT2D eigenvalue weighted by Crippen LogP contribution is 2.25. The minimum Gasteiger partial charge on any atom is -0.488 e. The second-order valence-electron chi connectivity index (χ2n) is 9.36. The van der Waals surface area contributed by atoms with Crippen molar-refractivity contribution in [2.45, 2.75) is 39.5 Å². The van der Waals surface area contributed by atoms with Crippen LogP contribution in [0, 0.1) is 5.41 Å². The molecule has 0 heterocycles. The van der Waals surface area contributed by atoms with E-state index in [0.717, 1.165) is 29.5 Å². The summed E-state index contributed by atoms with van der Waals surface area (Å²) in [5.74, 6) is 0.189. The molecule has 2 aromatic rings. The molecule has 2 amide bonds. The average Bonchev–Trinajstić information content (AvgIpc) is 2.78. The van der Waals surface area contributed by atoms with Gasteiger partial charge in [-0.25, -0.2) is 5.48 Å². The molecule has 0 aliphatic rings. The molecule has 0 radical (unpaired) electrons. The fourth-order valence-electron chi connectivity index (χ4n) is 3.80. The number of carbonyl (C=O) groups excluding carboxylic acids is 2. The number of hydrogen-bond acceptors (Lipinski definition) is 5. The Hall–Kier alpha value is -2.90. The van der Waals surface area contributed by atoms with Gasteiger partial charge in [-0.05, 0) is 50.2 Å². The summed E-state index contributed by atoms with van der Waals surface area (Å²) in [6.45, 7) is 5.80. The molecule has 7 heteroatoms.